The van der Waals surface area contributed by atoms with Crippen LogP contribution in [0.25, 0.3) is 0 Å². The van der Waals surface area contributed by atoms with E-state index in [0.29, 0.717) is 5.56 Å². The number of hydrogen-bond donors (Lipinski definition) is 1. The normalized spacial score (nSPS) is 11.1. The second-order valence-electron chi connectivity index (χ2n) is 6.11. The van der Waals surface area contributed by atoms with E-state index in [4.69, 9.17) is 4.18 Å². The number of amides is 1. The molecule has 0 heterocycles. The van der Waals surface area contributed by atoms with Crippen molar-refractivity contribution in [1.82, 2.24) is 5.32 Å². The van der Waals surface area contributed by atoms with Crippen molar-refractivity contribution in [3.05, 3.63) is 95.3 Å². The third-order valence-corrected chi connectivity index (χ3v) is 5.42. The van der Waals surface area contributed by atoms with Crippen LogP contribution in [-0.4, -0.2) is 14.3 Å². The molecular weight excluding hydrogens is 381 g/mol. The Morgan fingerprint density at radius 3 is 2.43 bits per heavy atom. The number of carbonyl (C=O) groups excluding carboxylic acids is 1. The van der Waals surface area contributed by atoms with Crippen LogP contribution < -0.4 is 9.50 Å². The average Bonchev–Trinajstić information content (AvgIpc) is 2.69. The molecule has 0 aromatic heterocycles. The highest BCUT2D eigenvalue weighted by atomic mass is 32.2. The van der Waals surface area contributed by atoms with Crippen LogP contribution in [0.4, 0.5) is 4.39 Å². The molecule has 0 aliphatic rings. The molecule has 0 aliphatic heterocycles. The molecular formula is C21H18FNO4S. The first kappa shape index (κ1) is 19.6. The fourth-order valence-corrected chi connectivity index (χ4v) is 3.80. The molecule has 3 aromatic carbocycles. The fourth-order valence-electron chi connectivity index (χ4n) is 2.61. The SMILES string of the molecule is Cc1ccc(F)cc1S(=O)(=O)Oc1ccccc1C(=O)NCc1ccccc1. The molecule has 0 fully saturated rings. The Balaban J connectivity index is 1.83. The van der Waals surface area contributed by atoms with E-state index in [9.17, 15) is 17.6 Å². The van der Waals surface area contributed by atoms with E-state index >= 15 is 0 Å². The number of benzene rings is 3. The predicted octanol–water partition coefficient (Wildman–Crippen LogP) is 3.83. The summed E-state index contributed by atoms with van der Waals surface area (Å²) in [4.78, 5) is 12.3. The Labute approximate surface area is 162 Å². The molecule has 1 N–H and O–H groups in total. The minimum Gasteiger partial charge on any atom is -0.378 e. The van der Waals surface area contributed by atoms with Crippen LogP contribution >= 0.6 is 0 Å². The van der Waals surface area contributed by atoms with Crippen LogP contribution in [-0.2, 0) is 16.7 Å². The van der Waals surface area contributed by atoms with Gasteiger partial charge in [-0.3, -0.25) is 4.79 Å². The van der Waals surface area contributed by atoms with Gasteiger partial charge in [0.25, 0.3) is 5.91 Å². The number of halogens is 1. The highest BCUT2D eigenvalue weighted by Crippen LogP contribution is 2.25. The van der Waals surface area contributed by atoms with Crippen LogP contribution in [0.5, 0.6) is 5.75 Å². The molecule has 3 aromatic rings. The molecule has 0 bridgehead atoms. The van der Waals surface area contributed by atoms with Gasteiger partial charge in [0.1, 0.15) is 10.7 Å². The summed E-state index contributed by atoms with van der Waals surface area (Å²) in [6.45, 7) is 1.82. The lowest BCUT2D eigenvalue weighted by Gasteiger charge is -2.13. The summed E-state index contributed by atoms with van der Waals surface area (Å²) in [6.07, 6.45) is 0. The van der Waals surface area contributed by atoms with E-state index in [-0.39, 0.29) is 22.8 Å². The van der Waals surface area contributed by atoms with Crippen molar-refractivity contribution in [2.24, 2.45) is 0 Å². The quantitative estimate of drug-likeness (QED) is 0.640. The average molecular weight is 399 g/mol. The maximum atomic E-state index is 13.5. The Morgan fingerprint density at radius 2 is 1.68 bits per heavy atom. The smallest absolute Gasteiger partial charge is 0.339 e. The number of carbonyl (C=O) groups is 1. The van der Waals surface area contributed by atoms with Gasteiger partial charge in [0.2, 0.25) is 0 Å². The summed E-state index contributed by atoms with van der Waals surface area (Å²) >= 11 is 0. The highest BCUT2D eigenvalue weighted by molar-refractivity contribution is 7.87. The van der Waals surface area contributed by atoms with E-state index in [1.54, 1.807) is 12.1 Å². The Bertz CT molecular complexity index is 1100. The predicted molar refractivity (Wildman–Crippen MR) is 103 cm³/mol. The number of aryl methyl sites for hydroxylation is 1. The summed E-state index contributed by atoms with van der Waals surface area (Å²) in [5, 5.41) is 2.73. The van der Waals surface area contributed by atoms with E-state index in [1.807, 2.05) is 30.3 Å². The molecule has 0 radical (unpaired) electrons. The van der Waals surface area contributed by atoms with E-state index in [0.717, 1.165) is 11.6 Å². The molecule has 5 nitrogen and oxygen atoms in total. The monoisotopic (exact) mass is 399 g/mol. The first-order chi connectivity index (χ1) is 13.4. The van der Waals surface area contributed by atoms with Gasteiger partial charge in [-0.05, 0) is 42.3 Å². The van der Waals surface area contributed by atoms with Crippen molar-refractivity contribution in [3.8, 4) is 5.75 Å². The molecule has 0 saturated carbocycles. The lowest BCUT2D eigenvalue weighted by molar-refractivity contribution is 0.0949. The summed E-state index contributed by atoms with van der Waals surface area (Å²) in [5.74, 6) is -1.30. The zero-order chi connectivity index (χ0) is 20.1. The van der Waals surface area contributed by atoms with Gasteiger partial charge in [-0.25, -0.2) is 4.39 Å². The van der Waals surface area contributed by atoms with Gasteiger partial charge < -0.3 is 9.50 Å². The van der Waals surface area contributed by atoms with Crippen molar-refractivity contribution >= 4 is 16.0 Å². The molecule has 144 valence electrons. The molecule has 0 spiro atoms. The zero-order valence-corrected chi connectivity index (χ0v) is 15.9. The topological polar surface area (TPSA) is 72.5 Å². The lowest BCUT2D eigenvalue weighted by Crippen LogP contribution is -2.24. The van der Waals surface area contributed by atoms with Gasteiger partial charge in [0, 0.05) is 6.54 Å². The van der Waals surface area contributed by atoms with Crippen molar-refractivity contribution in [3.63, 3.8) is 0 Å². The highest BCUT2D eigenvalue weighted by Gasteiger charge is 2.23. The summed E-state index contributed by atoms with van der Waals surface area (Å²) in [7, 11) is -4.31. The fraction of sp³-hybridized carbons (Fsp3) is 0.0952. The van der Waals surface area contributed by atoms with E-state index < -0.39 is 21.8 Å². The van der Waals surface area contributed by atoms with Gasteiger partial charge >= 0.3 is 10.1 Å². The zero-order valence-electron chi connectivity index (χ0n) is 15.1. The number of para-hydroxylation sites is 1. The molecule has 0 aliphatic carbocycles. The van der Waals surface area contributed by atoms with E-state index in [1.165, 1.54) is 31.2 Å². The Hall–Kier alpha value is -3.19. The molecule has 28 heavy (non-hydrogen) atoms. The first-order valence-electron chi connectivity index (χ1n) is 8.48. The maximum Gasteiger partial charge on any atom is 0.339 e. The second kappa shape index (κ2) is 8.22. The molecule has 7 heteroatoms. The third-order valence-electron chi connectivity index (χ3n) is 4.05. The number of nitrogens with one attached hydrogen (secondary N) is 1. The molecule has 0 saturated heterocycles. The lowest BCUT2D eigenvalue weighted by atomic mass is 10.1. The Morgan fingerprint density at radius 1 is 1.00 bits per heavy atom. The first-order valence-corrected chi connectivity index (χ1v) is 9.89. The van der Waals surface area contributed by atoms with Crippen molar-refractivity contribution < 1.29 is 21.8 Å². The minimum atomic E-state index is -4.31. The van der Waals surface area contributed by atoms with Crippen molar-refractivity contribution in [1.29, 1.82) is 0 Å². The minimum absolute atomic E-state index is 0.0658. The van der Waals surface area contributed by atoms with Gasteiger partial charge in [-0.1, -0.05) is 48.5 Å². The summed E-state index contributed by atoms with van der Waals surface area (Å²) < 4.78 is 43.9. The van der Waals surface area contributed by atoms with Crippen molar-refractivity contribution in [2.45, 2.75) is 18.4 Å². The van der Waals surface area contributed by atoms with Gasteiger partial charge in [-0.15, -0.1) is 0 Å². The van der Waals surface area contributed by atoms with Gasteiger partial charge in [0.05, 0.1) is 5.56 Å². The molecule has 0 atom stereocenters. The van der Waals surface area contributed by atoms with Gasteiger partial charge in [-0.2, -0.15) is 8.42 Å². The number of rotatable bonds is 6. The summed E-state index contributed by atoms with van der Waals surface area (Å²) in [5.41, 5.74) is 1.31. The standard InChI is InChI=1S/C21H18FNO4S/c1-15-11-12-17(22)13-20(15)28(25,26)27-19-10-6-5-9-18(19)21(24)23-14-16-7-3-2-4-8-16/h2-13H,14H2,1H3,(H,23,24). The van der Waals surface area contributed by atoms with E-state index in [2.05, 4.69) is 5.32 Å². The van der Waals surface area contributed by atoms with Crippen LogP contribution in [0.1, 0.15) is 21.5 Å². The molecule has 0 unspecified atom stereocenters. The molecule has 3 rings (SSSR count). The van der Waals surface area contributed by atoms with Crippen LogP contribution in [0.2, 0.25) is 0 Å². The maximum absolute atomic E-state index is 13.5. The second-order valence-corrected chi connectivity index (χ2v) is 7.63. The third kappa shape index (κ3) is 4.55. The van der Waals surface area contributed by atoms with Crippen molar-refractivity contribution in [2.75, 3.05) is 0 Å². The Kier molecular flexibility index (Phi) is 5.75. The summed E-state index contributed by atoms with van der Waals surface area (Å²) in [6, 6.07) is 18.7. The largest absolute Gasteiger partial charge is 0.378 e. The molecule has 1 amide bonds. The van der Waals surface area contributed by atoms with Crippen LogP contribution in [0.15, 0.2) is 77.7 Å². The van der Waals surface area contributed by atoms with Gasteiger partial charge in [0.15, 0.2) is 5.75 Å². The van der Waals surface area contributed by atoms with Crippen LogP contribution in [0.3, 0.4) is 0 Å². The van der Waals surface area contributed by atoms with Crippen LogP contribution in [0, 0.1) is 12.7 Å². The number of hydrogen-bond acceptors (Lipinski definition) is 4.